The number of methoxy groups -OCH3 is 1. The molecule has 1 aromatic heterocycles. The van der Waals surface area contributed by atoms with Gasteiger partial charge in [-0.05, 0) is 24.3 Å². The molecular formula is C16H19N3O3S. The SMILES string of the molecule is COc1ccc(OCC2SCCN2C(=O)Cn2ccnc2)cc1. The molecule has 2 aromatic rings. The number of benzene rings is 1. The molecule has 1 fully saturated rings. The molecular weight excluding hydrogens is 314 g/mol. The highest BCUT2D eigenvalue weighted by atomic mass is 32.2. The Labute approximate surface area is 139 Å². The lowest BCUT2D eigenvalue weighted by Gasteiger charge is -2.24. The molecule has 2 heterocycles. The van der Waals surface area contributed by atoms with Gasteiger partial charge < -0.3 is 18.9 Å². The number of carbonyl (C=O) groups is 1. The minimum Gasteiger partial charge on any atom is -0.497 e. The molecule has 1 atom stereocenters. The van der Waals surface area contributed by atoms with Gasteiger partial charge >= 0.3 is 0 Å². The van der Waals surface area contributed by atoms with Gasteiger partial charge in [0.05, 0.1) is 13.4 Å². The summed E-state index contributed by atoms with van der Waals surface area (Å²) in [6.45, 7) is 1.56. The van der Waals surface area contributed by atoms with E-state index in [4.69, 9.17) is 9.47 Å². The quantitative estimate of drug-likeness (QED) is 0.808. The lowest BCUT2D eigenvalue weighted by molar-refractivity contribution is -0.132. The first-order chi connectivity index (χ1) is 11.3. The Hall–Kier alpha value is -2.15. The second-order valence-corrected chi connectivity index (χ2v) is 6.42. The van der Waals surface area contributed by atoms with Gasteiger partial charge in [0.2, 0.25) is 5.91 Å². The van der Waals surface area contributed by atoms with Crippen molar-refractivity contribution in [1.82, 2.24) is 14.5 Å². The number of amides is 1. The number of aromatic nitrogens is 2. The monoisotopic (exact) mass is 333 g/mol. The van der Waals surface area contributed by atoms with Crippen molar-refractivity contribution in [1.29, 1.82) is 0 Å². The van der Waals surface area contributed by atoms with Crippen LogP contribution < -0.4 is 9.47 Å². The summed E-state index contributed by atoms with van der Waals surface area (Å²) in [6, 6.07) is 7.46. The third kappa shape index (κ3) is 3.98. The predicted octanol–water partition coefficient (Wildman–Crippen LogP) is 1.87. The van der Waals surface area contributed by atoms with E-state index in [1.807, 2.05) is 29.2 Å². The molecule has 122 valence electrons. The lowest BCUT2D eigenvalue weighted by atomic mass is 10.3. The standard InChI is InChI=1S/C16H19N3O3S/c1-21-13-2-4-14(5-3-13)22-11-16-19(8-9-23-16)15(20)10-18-7-6-17-12-18/h2-7,12,16H,8-11H2,1H3. The molecule has 1 saturated heterocycles. The summed E-state index contributed by atoms with van der Waals surface area (Å²) in [6.07, 6.45) is 5.13. The van der Waals surface area contributed by atoms with Crippen LogP contribution in [0.2, 0.25) is 0 Å². The topological polar surface area (TPSA) is 56.6 Å². The van der Waals surface area contributed by atoms with Gasteiger partial charge in [0.15, 0.2) is 0 Å². The summed E-state index contributed by atoms with van der Waals surface area (Å²) >= 11 is 1.75. The van der Waals surface area contributed by atoms with Gasteiger partial charge in [-0.1, -0.05) is 0 Å². The van der Waals surface area contributed by atoms with E-state index in [1.54, 1.807) is 42.2 Å². The van der Waals surface area contributed by atoms with E-state index in [-0.39, 0.29) is 11.3 Å². The van der Waals surface area contributed by atoms with Gasteiger partial charge in [0, 0.05) is 24.7 Å². The predicted molar refractivity (Wildman–Crippen MR) is 88.7 cm³/mol. The minimum atomic E-state index is 0.0492. The van der Waals surface area contributed by atoms with Gasteiger partial charge in [0.1, 0.15) is 30.0 Å². The summed E-state index contributed by atoms with van der Waals surface area (Å²) in [5, 5.41) is 0.0492. The Kier molecular flexibility index (Phi) is 5.07. The number of hydrogen-bond acceptors (Lipinski definition) is 5. The first-order valence-electron chi connectivity index (χ1n) is 7.40. The Morgan fingerprint density at radius 2 is 2.13 bits per heavy atom. The van der Waals surface area contributed by atoms with Crippen molar-refractivity contribution in [3.63, 3.8) is 0 Å². The van der Waals surface area contributed by atoms with Crippen molar-refractivity contribution in [2.24, 2.45) is 0 Å². The van der Waals surface area contributed by atoms with Crippen LogP contribution in [0, 0.1) is 0 Å². The van der Waals surface area contributed by atoms with Crippen LogP contribution in [0.4, 0.5) is 0 Å². The molecule has 6 nitrogen and oxygen atoms in total. The van der Waals surface area contributed by atoms with Gasteiger partial charge in [-0.2, -0.15) is 0 Å². The van der Waals surface area contributed by atoms with Crippen molar-refractivity contribution in [3.05, 3.63) is 43.0 Å². The Morgan fingerprint density at radius 1 is 1.35 bits per heavy atom. The minimum absolute atomic E-state index is 0.0492. The van der Waals surface area contributed by atoms with Crippen LogP contribution in [-0.4, -0.2) is 51.7 Å². The van der Waals surface area contributed by atoms with E-state index < -0.39 is 0 Å². The maximum Gasteiger partial charge on any atom is 0.243 e. The molecule has 0 aliphatic carbocycles. The fraction of sp³-hybridized carbons (Fsp3) is 0.375. The van der Waals surface area contributed by atoms with Crippen LogP contribution in [0.15, 0.2) is 43.0 Å². The molecule has 1 aliphatic heterocycles. The van der Waals surface area contributed by atoms with E-state index in [2.05, 4.69) is 4.98 Å². The number of nitrogens with zero attached hydrogens (tertiary/aromatic N) is 3. The molecule has 23 heavy (non-hydrogen) atoms. The molecule has 1 unspecified atom stereocenters. The fourth-order valence-corrected chi connectivity index (χ4v) is 3.55. The zero-order valence-corrected chi connectivity index (χ0v) is 13.7. The van der Waals surface area contributed by atoms with Gasteiger partial charge in [-0.3, -0.25) is 4.79 Å². The van der Waals surface area contributed by atoms with Crippen LogP contribution in [0.25, 0.3) is 0 Å². The highest BCUT2D eigenvalue weighted by molar-refractivity contribution is 8.00. The third-order valence-corrected chi connectivity index (χ3v) is 4.83. The fourth-order valence-electron chi connectivity index (χ4n) is 2.41. The van der Waals surface area contributed by atoms with Gasteiger partial charge in [-0.15, -0.1) is 11.8 Å². The summed E-state index contributed by atoms with van der Waals surface area (Å²) in [7, 11) is 1.63. The number of carbonyl (C=O) groups excluding carboxylic acids is 1. The summed E-state index contributed by atoms with van der Waals surface area (Å²) in [4.78, 5) is 18.3. The molecule has 0 saturated carbocycles. The summed E-state index contributed by atoms with van der Waals surface area (Å²) in [5.74, 6) is 2.60. The highest BCUT2D eigenvalue weighted by Gasteiger charge is 2.29. The van der Waals surface area contributed by atoms with Crippen molar-refractivity contribution in [2.45, 2.75) is 11.9 Å². The van der Waals surface area contributed by atoms with E-state index in [0.29, 0.717) is 13.2 Å². The van der Waals surface area contributed by atoms with Crippen molar-refractivity contribution < 1.29 is 14.3 Å². The first kappa shape index (κ1) is 15.7. The molecule has 7 heteroatoms. The Bertz CT molecular complexity index is 631. The van der Waals surface area contributed by atoms with E-state index in [0.717, 1.165) is 23.8 Å². The summed E-state index contributed by atoms with van der Waals surface area (Å²) < 4.78 is 12.7. The van der Waals surface area contributed by atoms with E-state index >= 15 is 0 Å². The molecule has 0 radical (unpaired) electrons. The lowest BCUT2D eigenvalue weighted by Crippen LogP contribution is -2.39. The van der Waals surface area contributed by atoms with Gasteiger partial charge in [0.25, 0.3) is 0 Å². The molecule has 1 aromatic carbocycles. The number of hydrogen-bond donors (Lipinski definition) is 0. The van der Waals surface area contributed by atoms with Crippen molar-refractivity contribution >= 4 is 17.7 Å². The molecule has 3 rings (SSSR count). The van der Waals surface area contributed by atoms with Gasteiger partial charge in [-0.25, -0.2) is 4.98 Å². The molecule has 0 bridgehead atoms. The van der Waals surface area contributed by atoms with E-state index in [9.17, 15) is 4.79 Å². The first-order valence-corrected chi connectivity index (χ1v) is 8.45. The van der Waals surface area contributed by atoms with Crippen LogP contribution >= 0.6 is 11.8 Å². The molecule has 0 N–H and O–H groups in total. The van der Waals surface area contributed by atoms with Crippen LogP contribution in [0.3, 0.4) is 0 Å². The van der Waals surface area contributed by atoms with Crippen molar-refractivity contribution in [2.75, 3.05) is 26.0 Å². The zero-order chi connectivity index (χ0) is 16.1. The number of imidazole rings is 1. The third-order valence-electron chi connectivity index (χ3n) is 3.64. The zero-order valence-electron chi connectivity index (χ0n) is 12.9. The molecule has 1 amide bonds. The number of thioether (sulfide) groups is 1. The van der Waals surface area contributed by atoms with E-state index in [1.165, 1.54) is 0 Å². The smallest absolute Gasteiger partial charge is 0.243 e. The summed E-state index contributed by atoms with van der Waals surface area (Å²) in [5.41, 5.74) is 0. The average Bonchev–Trinajstić information content (AvgIpc) is 3.24. The van der Waals surface area contributed by atoms with Crippen LogP contribution in [0.5, 0.6) is 11.5 Å². The highest BCUT2D eigenvalue weighted by Crippen LogP contribution is 2.25. The largest absolute Gasteiger partial charge is 0.497 e. The van der Waals surface area contributed by atoms with Crippen LogP contribution in [0.1, 0.15) is 0 Å². The van der Waals surface area contributed by atoms with Crippen LogP contribution in [-0.2, 0) is 11.3 Å². The maximum absolute atomic E-state index is 12.4. The Morgan fingerprint density at radius 3 is 2.83 bits per heavy atom. The number of ether oxygens (including phenoxy) is 2. The molecule has 0 spiro atoms. The maximum atomic E-state index is 12.4. The normalized spacial score (nSPS) is 17.3. The second kappa shape index (κ2) is 7.41. The molecule has 1 aliphatic rings. The average molecular weight is 333 g/mol. The second-order valence-electron chi connectivity index (χ2n) is 5.13. The number of rotatable bonds is 6. The van der Waals surface area contributed by atoms with Crippen molar-refractivity contribution in [3.8, 4) is 11.5 Å². The Balaban J connectivity index is 1.54.